The van der Waals surface area contributed by atoms with Crippen LogP contribution in [0.4, 0.5) is 11.9 Å². The van der Waals surface area contributed by atoms with Crippen molar-refractivity contribution in [3.05, 3.63) is 0 Å². The third-order valence-electron chi connectivity index (χ3n) is 2.02. The fraction of sp³-hybridized carbons (Fsp3) is 0.545. The second kappa shape index (κ2) is 6.36. The molecular formula is C11H15N7O. The number of nitriles is 2. The normalized spacial score (nSPS) is 10.2. The summed E-state index contributed by atoms with van der Waals surface area (Å²) < 4.78 is 4.96. The Morgan fingerprint density at radius 2 is 1.89 bits per heavy atom. The number of hydrogen-bond donors (Lipinski definition) is 2. The molecule has 19 heavy (non-hydrogen) atoms. The van der Waals surface area contributed by atoms with Crippen LogP contribution in [0.2, 0.25) is 0 Å². The van der Waals surface area contributed by atoms with Gasteiger partial charge in [0.25, 0.3) is 0 Å². The first-order valence-electron chi connectivity index (χ1n) is 5.61. The van der Waals surface area contributed by atoms with Crippen LogP contribution in [-0.2, 0) is 0 Å². The Bertz CT molecular complexity index is 515. The molecule has 0 saturated heterocycles. The number of ether oxygens (including phenoxy) is 1. The van der Waals surface area contributed by atoms with E-state index in [9.17, 15) is 0 Å². The number of rotatable bonds is 6. The van der Waals surface area contributed by atoms with Gasteiger partial charge in [0.1, 0.15) is 5.54 Å². The lowest BCUT2D eigenvalue weighted by Gasteiger charge is -2.17. The maximum Gasteiger partial charge on any atom is 0.322 e. The van der Waals surface area contributed by atoms with Gasteiger partial charge in [-0.15, -0.1) is 0 Å². The molecule has 8 heteroatoms. The molecule has 100 valence electrons. The highest BCUT2D eigenvalue weighted by Gasteiger charge is 2.18. The molecule has 8 nitrogen and oxygen atoms in total. The van der Waals surface area contributed by atoms with E-state index in [1.54, 1.807) is 13.8 Å². The quantitative estimate of drug-likeness (QED) is 0.725. The molecular weight excluding hydrogens is 246 g/mol. The minimum absolute atomic E-state index is 0.130. The highest BCUT2D eigenvalue weighted by Crippen LogP contribution is 2.14. The molecule has 0 aliphatic carbocycles. The third-order valence-corrected chi connectivity index (χ3v) is 2.02. The highest BCUT2D eigenvalue weighted by molar-refractivity contribution is 5.39. The minimum atomic E-state index is -0.809. The Kier molecular flexibility index (Phi) is 4.84. The zero-order valence-corrected chi connectivity index (χ0v) is 11.1. The van der Waals surface area contributed by atoms with Crippen LogP contribution >= 0.6 is 0 Å². The first-order chi connectivity index (χ1) is 9.00. The SMILES string of the molecule is COc1nc(NCCC#N)nc(NC(C)(C)C#N)n1. The fourth-order valence-electron chi connectivity index (χ4n) is 1.12. The van der Waals surface area contributed by atoms with Crippen molar-refractivity contribution in [3.8, 4) is 18.1 Å². The van der Waals surface area contributed by atoms with Crippen LogP contribution in [0.5, 0.6) is 6.01 Å². The van der Waals surface area contributed by atoms with E-state index < -0.39 is 5.54 Å². The van der Waals surface area contributed by atoms with Gasteiger partial charge in [0.05, 0.1) is 25.7 Å². The monoisotopic (exact) mass is 261 g/mol. The second-order valence-corrected chi connectivity index (χ2v) is 4.17. The van der Waals surface area contributed by atoms with Crippen molar-refractivity contribution in [2.75, 3.05) is 24.3 Å². The van der Waals surface area contributed by atoms with E-state index in [4.69, 9.17) is 15.3 Å². The van der Waals surface area contributed by atoms with Crippen LogP contribution in [0.1, 0.15) is 20.3 Å². The van der Waals surface area contributed by atoms with E-state index in [1.807, 2.05) is 6.07 Å². The van der Waals surface area contributed by atoms with Crippen LogP contribution < -0.4 is 15.4 Å². The van der Waals surface area contributed by atoms with Gasteiger partial charge in [-0.2, -0.15) is 25.5 Å². The summed E-state index contributed by atoms with van der Waals surface area (Å²) in [7, 11) is 1.44. The number of methoxy groups -OCH3 is 1. The van der Waals surface area contributed by atoms with Crippen LogP contribution in [0.25, 0.3) is 0 Å². The Balaban J connectivity index is 2.90. The Hall–Kier alpha value is -2.61. The molecule has 0 spiro atoms. The van der Waals surface area contributed by atoms with Gasteiger partial charge in [-0.25, -0.2) is 0 Å². The summed E-state index contributed by atoms with van der Waals surface area (Å²) >= 11 is 0. The van der Waals surface area contributed by atoms with E-state index in [1.165, 1.54) is 7.11 Å². The summed E-state index contributed by atoms with van der Waals surface area (Å²) in [6, 6.07) is 4.22. The van der Waals surface area contributed by atoms with Crippen molar-refractivity contribution in [1.82, 2.24) is 15.0 Å². The second-order valence-electron chi connectivity index (χ2n) is 4.17. The summed E-state index contributed by atoms with van der Waals surface area (Å²) in [5.74, 6) is 0.524. The zero-order chi connectivity index (χ0) is 14.3. The maximum absolute atomic E-state index is 8.96. The molecule has 0 aromatic carbocycles. The lowest BCUT2D eigenvalue weighted by atomic mass is 10.1. The van der Waals surface area contributed by atoms with Crippen molar-refractivity contribution in [1.29, 1.82) is 10.5 Å². The van der Waals surface area contributed by atoms with Crippen molar-refractivity contribution >= 4 is 11.9 Å². The molecule has 1 aromatic rings. The highest BCUT2D eigenvalue weighted by atomic mass is 16.5. The fourth-order valence-corrected chi connectivity index (χ4v) is 1.12. The van der Waals surface area contributed by atoms with Crippen LogP contribution in [0.15, 0.2) is 0 Å². The van der Waals surface area contributed by atoms with E-state index in [-0.39, 0.29) is 12.0 Å². The van der Waals surface area contributed by atoms with Gasteiger partial charge in [-0.1, -0.05) is 0 Å². The van der Waals surface area contributed by atoms with Crippen LogP contribution in [0, 0.1) is 22.7 Å². The number of nitrogens with zero attached hydrogens (tertiary/aromatic N) is 5. The van der Waals surface area contributed by atoms with E-state index in [2.05, 4.69) is 31.7 Å². The Morgan fingerprint density at radius 3 is 2.47 bits per heavy atom. The summed E-state index contributed by atoms with van der Waals surface area (Å²) in [5.41, 5.74) is -0.809. The number of nitrogens with one attached hydrogen (secondary N) is 2. The lowest BCUT2D eigenvalue weighted by molar-refractivity contribution is 0.379. The molecule has 0 atom stereocenters. The molecule has 0 unspecified atom stereocenters. The van der Waals surface area contributed by atoms with Gasteiger partial charge >= 0.3 is 6.01 Å². The van der Waals surface area contributed by atoms with Gasteiger partial charge in [0.15, 0.2) is 0 Å². The molecule has 1 heterocycles. The summed E-state index contributed by atoms with van der Waals surface area (Å²) in [5, 5.41) is 23.2. The predicted molar refractivity (Wildman–Crippen MR) is 68.4 cm³/mol. The van der Waals surface area contributed by atoms with Crippen molar-refractivity contribution in [2.24, 2.45) is 0 Å². The molecule has 0 fully saturated rings. The Labute approximate surface area is 111 Å². The zero-order valence-electron chi connectivity index (χ0n) is 11.1. The van der Waals surface area contributed by atoms with Crippen molar-refractivity contribution in [2.45, 2.75) is 25.8 Å². The lowest BCUT2D eigenvalue weighted by Crippen LogP contribution is -2.30. The smallest absolute Gasteiger partial charge is 0.322 e. The topological polar surface area (TPSA) is 120 Å². The van der Waals surface area contributed by atoms with E-state index >= 15 is 0 Å². The van der Waals surface area contributed by atoms with Crippen LogP contribution in [0.3, 0.4) is 0 Å². The first-order valence-corrected chi connectivity index (χ1v) is 5.61. The molecule has 0 aliphatic rings. The molecule has 0 saturated carbocycles. The molecule has 0 radical (unpaired) electrons. The van der Waals surface area contributed by atoms with Crippen molar-refractivity contribution in [3.63, 3.8) is 0 Å². The number of hydrogen-bond acceptors (Lipinski definition) is 8. The molecule has 2 N–H and O–H groups in total. The predicted octanol–water partition coefficient (Wildman–Crippen LogP) is 0.920. The third kappa shape index (κ3) is 4.64. The maximum atomic E-state index is 8.96. The minimum Gasteiger partial charge on any atom is -0.467 e. The van der Waals surface area contributed by atoms with Crippen molar-refractivity contribution < 1.29 is 4.74 Å². The summed E-state index contributed by atoms with van der Waals surface area (Å²) in [4.78, 5) is 12.1. The van der Waals surface area contributed by atoms with Gasteiger partial charge in [0.2, 0.25) is 11.9 Å². The Morgan fingerprint density at radius 1 is 1.21 bits per heavy atom. The van der Waals surface area contributed by atoms with E-state index in [0.717, 1.165) is 0 Å². The van der Waals surface area contributed by atoms with Gasteiger partial charge in [-0.3, -0.25) is 0 Å². The number of anilines is 2. The largest absolute Gasteiger partial charge is 0.467 e. The summed E-state index contributed by atoms with van der Waals surface area (Å²) in [6.07, 6.45) is 0.334. The average Bonchev–Trinajstić information content (AvgIpc) is 2.38. The van der Waals surface area contributed by atoms with Crippen LogP contribution in [-0.4, -0.2) is 34.1 Å². The molecule has 1 aromatic heterocycles. The summed E-state index contributed by atoms with van der Waals surface area (Å²) in [6.45, 7) is 3.82. The molecule has 0 aliphatic heterocycles. The van der Waals surface area contributed by atoms with Gasteiger partial charge < -0.3 is 15.4 Å². The average molecular weight is 261 g/mol. The molecule has 0 amide bonds. The molecule has 1 rings (SSSR count). The first kappa shape index (κ1) is 14.5. The molecule has 0 bridgehead atoms. The van der Waals surface area contributed by atoms with Gasteiger partial charge in [-0.05, 0) is 13.8 Å². The van der Waals surface area contributed by atoms with E-state index in [0.29, 0.717) is 18.9 Å². The van der Waals surface area contributed by atoms with Gasteiger partial charge in [0, 0.05) is 6.54 Å². The standard InChI is InChI=1S/C11H15N7O/c1-11(2,7-13)18-9-15-8(14-6-4-5-12)16-10(17-9)19-3/h4,6H2,1-3H3,(H2,14,15,16,17,18). The number of aromatic nitrogens is 3.